The minimum atomic E-state index is -0.172. The van der Waals surface area contributed by atoms with Crippen molar-refractivity contribution in [1.82, 2.24) is 20.0 Å². The van der Waals surface area contributed by atoms with Gasteiger partial charge in [0, 0.05) is 63.4 Å². The van der Waals surface area contributed by atoms with Gasteiger partial charge in [-0.1, -0.05) is 66.7 Å². The highest BCUT2D eigenvalue weighted by atomic mass is 35.5. The number of likely N-dealkylation sites (tertiary alicyclic amines) is 1. The highest BCUT2D eigenvalue weighted by Crippen LogP contribution is 2.31. The molecule has 2 heterocycles. The van der Waals surface area contributed by atoms with E-state index in [2.05, 4.69) is 105 Å². The van der Waals surface area contributed by atoms with E-state index in [-0.39, 0.29) is 23.9 Å². The number of amides is 1. The number of anilines is 1. The third kappa shape index (κ3) is 7.23. The predicted octanol–water partition coefficient (Wildman–Crippen LogP) is 4.07. The van der Waals surface area contributed by atoms with E-state index in [4.69, 9.17) is 0 Å². The van der Waals surface area contributed by atoms with E-state index in [1.807, 2.05) is 0 Å². The number of halogens is 1. The Labute approximate surface area is 227 Å². The number of benzene rings is 3. The van der Waals surface area contributed by atoms with Gasteiger partial charge in [-0.25, -0.2) is 0 Å². The largest absolute Gasteiger partial charge is 0.377 e. The van der Waals surface area contributed by atoms with Gasteiger partial charge < -0.3 is 15.5 Å². The Hall–Kier alpha value is -2.64. The molecule has 2 fully saturated rings. The lowest BCUT2D eigenvalue weighted by Gasteiger charge is -2.43. The molecule has 0 aliphatic carbocycles. The summed E-state index contributed by atoms with van der Waals surface area (Å²) in [6.07, 6.45) is 1.97. The molecule has 2 N–H and O–H groups in total. The third-order valence-electron chi connectivity index (χ3n) is 7.84. The van der Waals surface area contributed by atoms with Crippen LogP contribution in [0.3, 0.4) is 0 Å². The van der Waals surface area contributed by atoms with Crippen molar-refractivity contribution in [3.05, 3.63) is 78.4 Å². The van der Waals surface area contributed by atoms with Gasteiger partial charge in [0.15, 0.2) is 0 Å². The summed E-state index contributed by atoms with van der Waals surface area (Å²) < 4.78 is 0. The lowest BCUT2D eigenvalue weighted by molar-refractivity contribution is -0.122. The minimum absolute atomic E-state index is 0. The number of hydrogen-bond donors (Lipinski definition) is 2. The van der Waals surface area contributed by atoms with E-state index in [0.29, 0.717) is 13.1 Å². The monoisotopic (exact) mass is 521 g/mol. The van der Waals surface area contributed by atoms with Gasteiger partial charge in [-0.05, 0) is 36.9 Å². The van der Waals surface area contributed by atoms with Gasteiger partial charge in [-0.2, -0.15) is 0 Å². The minimum Gasteiger partial charge on any atom is -0.377 e. The molecule has 0 bridgehead atoms. The number of rotatable bonds is 8. The molecule has 5 rings (SSSR count). The predicted molar refractivity (Wildman–Crippen MR) is 155 cm³/mol. The van der Waals surface area contributed by atoms with Crippen molar-refractivity contribution < 1.29 is 4.79 Å². The maximum absolute atomic E-state index is 12.9. The SMILES string of the molecule is CN1CCN(CC(=O)NCC2(Nc3cccc4ccccc34)CCN(Cc3ccccc3)CC2)CC1.Cl. The average Bonchev–Trinajstić information content (AvgIpc) is 2.91. The summed E-state index contributed by atoms with van der Waals surface area (Å²) in [7, 11) is 2.14. The van der Waals surface area contributed by atoms with Crippen LogP contribution in [0.1, 0.15) is 18.4 Å². The third-order valence-corrected chi connectivity index (χ3v) is 7.84. The van der Waals surface area contributed by atoms with Crippen molar-refractivity contribution in [2.45, 2.75) is 24.9 Å². The zero-order valence-electron chi connectivity index (χ0n) is 21.9. The van der Waals surface area contributed by atoms with Crippen molar-refractivity contribution in [2.75, 3.05) is 64.7 Å². The first-order valence-electron chi connectivity index (χ1n) is 13.3. The molecule has 37 heavy (non-hydrogen) atoms. The molecule has 2 saturated heterocycles. The van der Waals surface area contributed by atoms with E-state index in [9.17, 15) is 4.79 Å². The Morgan fingerprint density at radius 3 is 2.24 bits per heavy atom. The molecule has 3 aromatic rings. The molecule has 0 atom stereocenters. The Morgan fingerprint density at radius 2 is 1.49 bits per heavy atom. The molecule has 7 heteroatoms. The number of carbonyl (C=O) groups is 1. The van der Waals surface area contributed by atoms with E-state index >= 15 is 0 Å². The second-order valence-corrected chi connectivity index (χ2v) is 10.5. The quantitative estimate of drug-likeness (QED) is 0.468. The molecule has 0 spiro atoms. The highest BCUT2D eigenvalue weighted by molar-refractivity contribution is 5.94. The van der Waals surface area contributed by atoms with Gasteiger partial charge in [0.05, 0.1) is 12.1 Å². The van der Waals surface area contributed by atoms with Crippen LogP contribution in [0.4, 0.5) is 5.69 Å². The summed E-state index contributed by atoms with van der Waals surface area (Å²) in [5.41, 5.74) is 2.33. The van der Waals surface area contributed by atoms with Crippen molar-refractivity contribution >= 4 is 34.8 Å². The fourth-order valence-corrected chi connectivity index (χ4v) is 5.48. The molecule has 6 nitrogen and oxygen atoms in total. The van der Waals surface area contributed by atoms with Crippen LogP contribution in [-0.2, 0) is 11.3 Å². The fraction of sp³-hybridized carbons (Fsp3) is 0.433. The Morgan fingerprint density at radius 1 is 0.811 bits per heavy atom. The maximum Gasteiger partial charge on any atom is 0.234 e. The fourth-order valence-electron chi connectivity index (χ4n) is 5.48. The summed E-state index contributed by atoms with van der Waals surface area (Å²) >= 11 is 0. The Bertz CT molecular complexity index is 1140. The zero-order valence-corrected chi connectivity index (χ0v) is 22.7. The second kappa shape index (κ2) is 12.7. The lowest BCUT2D eigenvalue weighted by atomic mass is 9.86. The lowest BCUT2D eigenvalue weighted by Crippen LogP contribution is -2.56. The number of piperidine rings is 1. The molecule has 0 aromatic heterocycles. The average molecular weight is 522 g/mol. The van der Waals surface area contributed by atoms with E-state index in [1.165, 1.54) is 16.3 Å². The van der Waals surface area contributed by atoms with E-state index in [0.717, 1.165) is 64.3 Å². The van der Waals surface area contributed by atoms with Gasteiger partial charge in [-0.15, -0.1) is 12.4 Å². The second-order valence-electron chi connectivity index (χ2n) is 10.5. The van der Waals surface area contributed by atoms with Gasteiger partial charge in [0.1, 0.15) is 0 Å². The molecule has 0 saturated carbocycles. The summed E-state index contributed by atoms with van der Waals surface area (Å²) in [4.78, 5) is 20.1. The van der Waals surface area contributed by atoms with Crippen LogP contribution < -0.4 is 10.6 Å². The first-order chi connectivity index (χ1) is 17.6. The number of carbonyl (C=O) groups excluding carboxylic acids is 1. The van der Waals surface area contributed by atoms with Gasteiger partial charge in [0.2, 0.25) is 5.91 Å². The van der Waals surface area contributed by atoms with Crippen molar-refractivity contribution in [3.63, 3.8) is 0 Å². The standard InChI is InChI=1S/C30H39N5O.ClH/c1-33-18-20-35(21-19-33)23-29(36)31-24-30(32-28-13-7-11-26-10-5-6-12-27(26)28)14-16-34(17-15-30)22-25-8-3-2-4-9-25;/h2-13,32H,14-24H2,1H3,(H,31,36);1H. The molecule has 0 unspecified atom stereocenters. The smallest absolute Gasteiger partial charge is 0.234 e. The number of nitrogens with one attached hydrogen (secondary N) is 2. The molecule has 2 aliphatic heterocycles. The highest BCUT2D eigenvalue weighted by Gasteiger charge is 2.35. The number of fused-ring (bicyclic) bond motifs is 1. The van der Waals surface area contributed by atoms with Gasteiger partial charge in [0.25, 0.3) is 0 Å². The molecule has 3 aromatic carbocycles. The first-order valence-corrected chi connectivity index (χ1v) is 13.3. The van der Waals surface area contributed by atoms with Crippen molar-refractivity contribution in [1.29, 1.82) is 0 Å². The van der Waals surface area contributed by atoms with E-state index < -0.39 is 0 Å². The van der Waals surface area contributed by atoms with Crippen LogP contribution in [0, 0.1) is 0 Å². The van der Waals surface area contributed by atoms with Gasteiger partial charge >= 0.3 is 0 Å². The van der Waals surface area contributed by atoms with E-state index in [1.54, 1.807) is 0 Å². The zero-order chi connectivity index (χ0) is 24.8. The van der Waals surface area contributed by atoms with Crippen LogP contribution >= 0.6 is 12.4 Å². The topological polar surface area (TPSA) is 50.9 Å². The summed E-state index contributed by atoms with van der Waals surface area (Å²) in [6.45, 7) is 8.06. The van der Waals surface area contributed by atoms with Crippen molar-refractivity contribution in [3.8, 4) is 0 Å². The molecule has 198 valence electrons. The number of likely N-dealkylation sites (N-methyl/N-ethyl adjacent to an activating group) is 1. The normalized spacial score (nSPS) is 18.7. The van der Waals surface area contributed by atoms with Crippen molar-refractivity contribution in [2.24, 2.45) is 0 Å². The number of hydrogen-bond acceptors (Lipinski definition) is 5. The van der Waals surface area contributed by atoms with Crippen LogP contribution in [0.15, 0.2) is 72.8 Å². The molecular formula is C30H40ClN5O. The summed E-state index contributed by atoms with van der Waals surface area (Å²) in [5.74, 6) is 0.130. The summed E-state index contributed by atoms with van der Waals surface area (Å²) in [6, 6.07) is 25.7. The van der Waals surface area contributed by atoms with Crippen LogP contribution in [0.25, 0.3) is 10.8 Å². The molecule has 2 aliphatic rings. The first kappa shape index (κ1) is 27.4. The van der Waals surface area contributed by atoms with Gasteiger partial charge in [-0.3, -0.25) is 14.6 Å². The van der Waals surface area contributed by atoms with Crippen LogP contribution in [0.5, 0.6) is 0 Å². The Balaban J connectivity index is 0.00000320. The molecular weight excluding hydrogens is 482 g/mol. The van der Waals surface area contributed by atoms with Crippen LogP contribution in [-0.4, -0.2) is 85.6 Å². The molecule has 1 amide bonds. The van der Waals surface area contributed by atoms with Crippen LogP contribution in [0.2, 0.25) is 0 Å². The maximum atomic E-state index is 12.9. The summed E-state index contributed by atoms with van der Waals surface area (Å²) in [5, 5.41) is 9.70. The molecule has 0 radical (unpaired) electrons. The number of nitrogens with zero attached hydrogens (tertiary/aromatic N) is 3. The Kier molecular flexibility index (Phi) is 9.43. The number of piperazine rings is 1.